The fourth-order valence-electron chi connectivity index (χ4n) is 4.35. The highest BCUT2D eigenvalue weighted by atomic mass is 19.1. The summed E-state index contributed by atoms with van der Waals surface area (Å²) in [5.74, 6) is 1.61. The van der Waals surface area contributed by atoms with Gasteiger partial charge in [-0.3, -0.25) is 4.79 Å². The van der Waals surface area contributed by atoms with Crippen molar-refractivity contribution < 1.29 is 23.4 Å². The number of pyridine rings is 1. The first-order chi connectivity index (χ1) is 15.5. The Morgan fingerprint density at radius 3 is 2.44 bits per heavy atom. The highest BCUT2D eigenvalue weighted by Crippen LogP contribution is 2.36. The number of benzene rings is 1. The lowest BCUT2D eigenvalue weighted by Crippen LogP contribution is -2.38. The van der Waals surface area contributed by atoms with Crippen molar-refractivity contribution in [3.05, 3.63) is 41.3 Å². The number of methoxy groups -OCH3 is 2. The number of likely N-dealkylation sites (tertiary alicyclic amines) is 1. The standard InChI is InChI=1S/C24H30FN3O4/c1-30-20-12-23(26)27-13-18(20)16-6-8-28(9-7-16)24(29)17-10-21(31-2)22(11-19(17)25)32-14-15-4-3-5-15/h10-13,15-16H,3-9,14H2,1-2H3,(H2,26,27). The first kappa shape index (κ1) is 22.2. The molecule has 2 fully saturated rings. The topological polar surface area (TPSA) is 86.9 Å². The number of rotatable bonds is 7. The van der Waals surface area contributed by atoms with Crippen LogP contribution in [0.1, 0.15) is 53.9 Å². The number of nitrogens with two attached hydrogens (primary N) is 1. The van der Waals surface area contributed by atoms with Crippen molar-refractivity contribution in [2.24, 2.45) is 5.92 Å². The van der Waals surface area contributed by atoms with Gasteiger partial charge in [0, 0.05) is 37.0 Å². The molecule has 2 aromatic rings. The number of carbonyl (C=O) groups is 1. The van der Waals surface area contributed by atoms with Crippen LogP contribution in [0.25, 0.3) is 0 Å². The lowest BCUT2D eigenvalue weighted by molar-refractivity contribution is 0.0707. The Bertz CT molecular complexity index is 972. The van der Waals surface area contributed by atoms with Crippen LogP contribution in [0.5, 0.6) is 17.2 Å². The minimum Gasteiger partial charge on any atom is -0.496 e. The second-order valence-corrected chi connectivity index (χ2v) is 8.51. The molecule has 1 aliphatic carbocycles. The zero-order valence-electron chi connectivity index (χ0n) is 18.6. The molecule has 1 aromatic heterocycles. The van der Waals surface area contributed by atoms with Gasteiger partial charge in [-0.2, -0.15) is 0 Å². The Hall–Kier alpha value is -3.03. The number of piperidine rings is 1. The molecule has 0 bridgehead atoms. The van der Waals surface area contributed by atoms with Crippen LogP contribution in [0, 0.1) is 11.7 Å². The van der Waals surface area contributed by atoms with Gasteiger partial charge in [0.25, 0.3) is 5.91 Å². The predicted octanol–water partition coefficient (Wildman–Crippen LogP) is 4.02. The number of nitrogens with zero attached hydrogens (tertiary/aromatic N) is 2. The van der Waals surface area contributed by atoms with Crippen molar-refractivity contribution in [1.29, 1.82) is 0 Å². The third-order valence-electron chi connectivity index (χ3n) is 6.54. The van der Waals surface area contributed by atoms with E-state index in [0.29, 0.717) is 48.7 Å². The molecule has 172 valence electrons. The van der Waals surface area contributed by atoms with Gasteiger partial charge < -0.3 is 24.8 Å². The minimum atomic E-state index is -0.592. The minimum absolute atomic E-state index is 0.00280. The highest BCUT2D eigenvalue weighted by molar-refractivity contribution is 5.95. The van der Waals surface area contributed by atoms with Gasteiger partial charge in [-0.1, -0.05) is 6.42 Å². The van der Waals surface area contributed by atoms with Gasteiger partial charge in [0.15, 0.2) is 11.5 Å². The molecule has 7 nitrogen and oxygen atoms in total. The second kappa shape index (κ2) is 9.63. The molecule has 2 aliphatic rings. The molecule has 1 saturated carbocycles. The maximum absolute atomic E-state index is 14.9. The van der Waals surface area contributed by atoms with Crippen molar-refractivity contribution in [1.82, 2.24) is 9.88 Å². The molecule has 0 spiro atoms. The molecule has 0 atom stereocenters. The number of amides is 1. The van der Waals surface area contributed by atoms with E-state index in [1.165, 1.54) is 25.7 Å². The van der Waals surface area contributed by atoms with Gasteiger partial charge >= 0.3 is 0 Å². The quantitative estimate of drug-likeness (QED) is 0.696. The molecule has 32 heavy (non-hydrogen) atoms. The Morgan fingerprint density at radius 2 is 1.81 bits per heavy atom. The van der Waals surface area contributed by atoms with Crippen molar-refractivity contribution >= 4 is 11.7 Å². The molecule has 2 N–H and O–H groups in total. The number of hydrogen-bond acceptors (Lipinski definition) is 6. The van der Waals surface area contributed by atoms with Gasteiger partial charge in [-0.15, -0.1) is 0 Å². The monoisotopic (exact) mass is 443 g/mol. The Kier molecular flexibility index (Phi) is 6.67. The molecule has 0 radical (unpaired) electrons. The van der Waals surface area contributed by atoms with Crippen LogP contribution in [0.15, 0.2) is 24.4 Å². The molecular weight excluding hydrogens is 413 g/mol. The molecule has 1 saturated heterocycles. The van der Waals surface area contributed by atoms with Gasteiger partial charge in [0.2, 0.25) is 0 Å². The highest BCUT2D eigenvalue weighted by Gasteiger charge is 2.29. The maximum atomic E-state index is 14.9. The van der Waals surface area contributed by atoms with E-state index in [9.17, 15) is 9.18 Å². The molecule has 1 aromatic carbocycles. The maximum Gasteiger partial charge on any atom is 0.256 e. The van der Waals surface area contributed by atoms with Crippen LogP contribution in [0.4, 0.5) is 10.2 Å². The van der Waals surface area contributed by atoms with Crippen molar-refractivity contribution in [2.45, 2.75) is 38.0 Å². The lowest BCUT2D eigenvalue weighted by atomic mass is 9.86. The van der Waals surface area contributed by atoms with Crippen molar-refractivity contribution in [3.8, 4) is 17.2 Å². The van der Waals surface area contributed by atoms with E-state index in [0.717, 1.165) is 31.2 Å². The number of anilines is 1. The number of halogens is 1. The van der Waals surface area contributed by atoms with Crippen LogP contribution in [0.2, 0.25) is 0 Å². The van der Waals surface area contributed by atoms with E-state index >= 15 is 0 Å². The van der Waals surface area contributed by atoms with Crippen LogP contribution in [-0.4, -0.2) is 49.7 Å². The van der Waals surface area contributed by atoms with E-state index in [-0.39, 0.29) is 17.4 Å². The second-order valence-electron chi connectivity index (χ2n) is 8.51. The zero-order chi connectivity index (χ0) is 22.7. The summed E-state index contributed by atoms with van der Waals surface area (Å²) in [6.07, 6.45) is 6.68. The van der Waals surface area contributed by atoms with Crippen LogP contribution in [0.3, 0.4) is 0 Å². The summed E-state index contributed by atoms with van der Waals surface area (Å²) in [6, 6.07) is 4.43. The van der Waals surface area contributed by atoms with E-state index < -0.39 is 5.82 Å². The fraction of sp³-hybridized carbons (Fsp3) is 0.500. The first-order valence-corrected chi connectivity index (χ1v) is 11.1. The van der Waals surface area contributed by atoms with Gasteiger partial charge in [0.05, 0.1) is 26.4 Å². The number of hydrogen-bond donors (Lipinski definition) is 1. The molecule has 0 unspecified atom stereocenters. The Balaban J connectivity index is 1.43. The van der Waals surface area contributed by atoms with Crippen LogP contribution in [-0.2, 0) is 0 Å². The smallest absolute Gasteiger partial charge is 0.256 e. The van der Waals surface area contributed by atoms with Crippen molar-refractivity contribution in [3.63, 3.8) is 0 Å². The van der Waals surface area contributed by atoms with E-state index in [1.54, 1.807) is 24.3 Å². The normalized spacial score (nSPS) is 17.0. The lowest BCUT2D eigenvalue weighted by Gasteiger charge is -2.33. The van der Waals surface area contributed by atoms with Crippen LogP contribution >= 0.6 is 0 Å². The summed E-state index contributed by atoms with van der Waals surface area (Å²) in [4.78, 5) is 18.9. The average molecular weight is 444 g/mol. The first-order valence-electron chi connectivity index (χ1n) is 11.1. The summed E-state index contributed by atoms with van der Waals surface area (Å²) < 4.78 is 31.4. The molecule has 1 amide bonds. The van der Waals surface area contributed by atoms with Crippen molar-refractivity contribution in [2.75, 3.05) is 39.6 Å². The summed E-state index contributed by atoms with van der Waals surface area (Å²) in [5, 5.41) is 0. The number of nitrogen functional groups attached to an aromatic ring is 1. The summed E-state index contributed by atoms with van der Waals surface area (Å²) >= 11 is 0. The fourth-order valence-corrected chi connectivity index (χ4v) is 4.35. The summed E-state index contributed by atoms with van der Waals surface area (Å²) in [6.45, 7) is 1.57. The Labute approximate surface area is 187 Å². The van der Waals surface area contributed by atoms with E-state index in [4.69, 9.17) is 19.9 Å². The van der Waals surface area contributed by atoms with Gasteiger partial charge in [-0.25, -0.2) is 9.37 Å². The average Bonchev–Trinajstić information content (AvgIpc) is 2.78. The predicted molar refractivity (Wildman–Crippen MR) is 119 cm³/mol. The molecule has 1 aliphatic heterocycles. The van der Waals surface area contributed by atoms with E-state index in [1.807, 2.05) is 0 Å². The Morgan fingerprint density at radius 1 is 1.09 bits per heavy atom. The number of aromatic nitrogens is 1. The zero-order valence-corrected chi connectivity index (χ0v) is 18.6. The van der Waals surface area contributed by atoms with E-state index in [2.05, 4.69) is 4.98 Å². The van der Waals surface area contributed by atoms with Crippen LogP contribution < -0.4 is 19.9 Å². The molecular formula is C24H30FN3O4. The molecule has 8 heteroatoms. The number of ether oxygens (including phenoxy) is 3. The largest absolute Gasteiger partial charge is 0.496 e. The molecule has 2 heterocycles. The SMILES string of the molecule is COc1cc(C(=O)N2CCC(c3cnc(N)cc3OC)CC2)c(F)cc1OCC1CCC1. The third kappa shape index (κ3) is 4.59. The molecule has 4 rings (SSSR count). The van der Waals surface area contributed by atoms with Gasteiger partial charge in [-0.05, 0) is 43.6 Å². The number of carbonyl (C=O) groups excluding carboxylic acids is 1. The summed E-state index contributed by atoms with van der Waals surface area (Å²) in [5.41, 5.74) is 6.74. The third-order valence-corrected chi connectivity index (χ3v) is 6.54. The van der Waals surface area contributed by atoms with Gasteiger partial charge in [0.1, 0.15) is 17.4 Å². The summed E-state index contributed by atoms with van der Waals surface area (Å²) in [7, 11) is 3.10.